The van der Waals surface area contributed by atoms with Crippen molar-refractivity contribution in [2.45, 2.75) is 6.42 Å². The van der Waals surface area contributed by atoms with Crippen LogP contribution in [0.2, 0.25) is 0 Å². The highest BCUT2D eigenvalue weighted by molar-refractivity contribution is 6.11. The van der Waals surface area contributed by atoms with Gasteiger partial charge < -0.3 is 25.0 Å². The number of carbonyl (C=O) groups is 2. The molecule has 0 aliphatic rings. The standard InChI is InChI=1S/C17H16NO7/c1-24-14-7-11(8-16(19)20)13(9-15(14)25-2)17(21)10-4-3-5-12(6-10)18(22)23/h3-7,9,22H,8H2,1-2H3,(H,19,20)/q-1. The lowest BCUT2D eigenvalue weighted by molar-refractivity contribution is -0.136. The van der Waals surface area contributed by atoms with Gasteiger partial charge in [-0.05, 0) is 29.8 Å². The van der Waals surface area contributed by atoms with Crippen LogP contribution in [0.1, 0.15) is 21.5 Å². The predicted octanol–water partition coefficient (Wildman–Crippen LogP) is 2.26. The fourth-order valence-corrected chi connectivity index (χ4v) is 2.36. The van der Waals surface area contributed by atoms with Crippen LogP contribution in [0.25, 0.3) is 0 Å². The maximum atomic E-state index is 12.8. The molecule has 0 atom stereocenters. The van der Waals surface area contributed by atoms with Crippen LogP contribution in [0.4, 0.5) is 5.69 Å². The normalized spacial score (nSPS) is 10.2. The number of benzene rings is 2. The van der Waals surface area contributed by atoms with Gasteiger partial charge in [0.2, 0.25) is 0 Å². The highest BCUT2D eigenvalue weighted by Crippen LogP contribution is 2.32. The van der Waals surface area contributed by atoms with Gasteiger partial charge in [0, 0.05) is 11.1 Å². The van der Waals surface area contributed by atoms with E-state index in [4.69, 9.17) is 19.8 Å². The smallest absolute Gasteiger partial charge is 0.307 e. The average molecular weight is 346 g/mol. The Morgan fingerprint density at radius 3 is 2.32 bits per heavy atom. The number of aliphatic carboxylic acids is 1. The lowest BCUT2D eigenvalue weighted by Gasteiger charge is -2.22. The zero-order valence-corrected chi connectivity index (χ0v) is 13.6. The zero-order valence-electron chi connectivity index (χ0n) is 13.6. The van der Waals surface area contributed by atoms with Crippen molar-refractivity contribution in [3.63, 3.8) is 0 Å². The van der Waals surface area contributed by atoms with Crippen LogP contribution in [0, 0.1) is 5.21 Å². The molecule has 0 aliphatic carbocycles. The van der Waals surface area contributed by atoms with E-state index >= 15 is 0 Å². The summed E-state index contributed by atoms with van der Waals surface area (Å²) in [5.41, 5.74) is 0.341. The van der Waals surface area contributed by atoms with Crippen molar-refractivity contribution in [1.82, 2.24) is 0 Å². The molecule has 8 heteroatoms. The molecule has 2 rings (SSSR count). The van der Waals surface area contributed by atoms with Crippen LogP contribution < -0.4 is 14.7 Å². The molecule has 0 saturated carbocycles. The summed E-state index contributed by atoms with van der Waals surface area (Å²) < 4.78 is 10.3. The Labute approximate surface area is 143 Å². The van der Waals surface area contributed by atoms with Crippen molar-refractivity contribution in [3.05, 3.63) is 58.3 Å². The quantitative estimate of drug-likeness (QED) is 0.579. The van der Waals surface area contributed by atoms with E-state index in [2.05, 4.69) is 0 Å². The number of rotatable bonds is 7. The SMILES string of the molecule is COc1cc(CC(=O)O)c(C(=O)c2cccc(N([O-])O)c2)cc1OC. The Kier molecular flexibility index (Phi) is 5.58. The summed E-state index contributed by atoms with van der Waals surface area (Å²) in [5.74, 6) is -1.06. The van der Waals surface area contributed by atoms with E-state index in [0.717, 1.165) is 0 Å². The molecule has 2 N–H and O–H groups in total. The van der Waals surface area contributed by atoms with Gasteiger partial charge in [-0.15, -0.1) is 0 Å². The molecule has 8 nitrogen and oxygen atoms in total. The van der Waals surface area contributed by atoms with Crippen molar-refractivity contribution in [2.24, 2.45) is 0 Å². The van der Waals surface area contributed by atoms with E-state index in [1.165, 1.54) is 50.6 Å². The highest BCUT2D eigenvalue weighted by Gasteiger charge is 2.20. The van der Waals surface area contributed by atoms with Gasteiger partial charge in [0.1, 0.15) is 0 Å². The van der Waals surface area contributed by atoms with Gasteiger partial charge >= 0.3 is 5.97 Å². The van der Waals surface area contributed by atoms with E-state index in [1.54, 1.807) is 0 Å². The third kappa shape index (κ3) is 4.06. The molecule has 2 aromatic carbocycles. The summed E-state index contributed by atoms with van der Waals surface area (Å²) in [7, 11) is 2.79. The average Bonchev–Trinajstić information content (AvgIpc) is 2.60. The summed E-state index contributed by atoms with van der Waals surface area (Å²) in [4.78, 5) is 23.9. The molecular weight excluding hydrogens is 330 g/mol. The molecular formula is C17H16NO7-. The molecule has 0 amide bonds. The molecule has 0 aliphatic heterocycles. The zero-order chi connectivity index (χ0) is 18.6. The van der Waals surface area contributed by atoms with Gasteiger partial charge in [-0.3, -0.25) is 14.8 Å². The highest BCUT2D eigenvalue weighted by atomic mass is 16.8. The molecule has 0 unspecified atom stereocenters. The molecule has 0 bridgehead atoms. The fourth-order valence-electron chi connectivity index (χ4n) is 2.36. The first kappa shape index (κ1) is 18.2. The third-order valence-electron chi connectivity index (χ3n) is 3.52. The van der Waals surface area contributed by atoms with E-state index in [9.17, 15) is 14.8 Å². The van der Waals surface area contributed by atoms with Gasteiger partial charge in [0.25, 0.3) is 0 Å². The predicted molar refractivity (Wildman–Crippen MR) is 88.4 cm³/mol. The maximum absolute atomic E-state index is 12.8. The number of nitrogens with zero attached hydrogens (tertiary/aromatic N) is 1. The van der Waals surface area contributed by atoms with E-state index in [1.807, 2.05) is 0 Å². The molecule has 25 heavy (non-hydrogen) atoms. The minimum atomic E-state index is -1.11. The lowest BCUT2D eigenvalue weighted by atomic mass is 9.95. The van der Waals surface area contributed by atoms with Crippen LogP contribution in [-0.2, 0) is 11.2 Å². The van der Waals surface area contributed by atoms with Crippen LogP contribution >= 0.6 is 0 Å². The Morgan fingerprint density at radius 2 is 1.76 bits per heavy atom. The van der Waals surface area contributed by atoms with E-state index in [-0.39, 0.29) is 33.4 Å². The van der Waals surface area contributed by atoms with Crippen LogP contribution in [-0.4, -0.2) is 36.3 Å². The van der Waals surface area contributed by atoms with Crippen molar-refractivity contribution in [1.29, 1.82) is 0 Å². The van der Waals surface area contributed by atoms with Crippen LogP contribution in [0.3, 0.4) is 0 Å². The summed E-state index contributed by atoms with van der Waals surface area (Å²) in [6.45, 7) is 0. The van der Waals surface area contributed by atoms with Gasteiger partial charge in [-0.2, -0.15) is 0 Å². The first-order valence-electron chi connectivity index (χ1n) is 7.15. The van der Waals surface area contributed by atoms with Crippen molar-refractivity contribution in [2.75, 3.05) is 19.4 Å². The Hall–Kier alpha value is -3.10. The lowest BCUT2D eigenvalue weighted by Crippen LogP contribution is -2.12. The van der Waals surface area contributed by atoms with Gasteiger partial charge in [-0.25, -0.2) is 0 Å². The van der Waals surface area contributed by atoms with Crippen LogP contribution in [0.5, 0.6) is 11.5 Å². The van der Waals surface area contributed by atoms with Gasteiger partial charge in [0.05, 0.1) is 26.3 Å². The summed E-state index contributed by atoms with van der Waals surface area (Å²) >= 11 is 0. The number of hydrogen-bond acceptors (Lipinski definition) is 7. The molecule has 2 aromatic rings. The van der Waals surface area contributed by atoms with Gasteiger partial charge in [-0.1, -0.05) is 12.1 Å². The second-order valence-corrected chi connectivity index (χ2v) is 5.09. The molecule has 0 aromatic heterocycles. The monoisotopic (exact) mass is 346 g/mol. The Bertz CT molecular complexity index is 802. The topological polar surface area (TPSA) is 119 Å². The molecule has 132 valence electrons. The number of anilines is 1. The van der Waals surface area contributed by atoms with Crippen molar-refractivity contribution in [3.8, 4) is 11.5 Å². The largest absolute Gasteiger partial charge is 0.733 e. The second-order valence-electron chi connectivity index (χ2n) is 5.09. The van der Waals surface area contributed by atoms with E-state index in [0.29, 0.717) is 5.75 Å². The number of carboxylic acids is 1. The first-order chi connectivity index (χ1) is 11.9. The number of methoxy groups -OCH3 is 2. The fraction of sp³-hybridized carbons (Fsp3) is 0.176. The molecule has 0 fully saturated rings. The summed E-state index contributed by atoms with van der Waals surface area (Å²) in [6.07, 6.45) is -0.394. The number of carboxylic acid groups (broad SMARTS) is 1. The summed E-state index contributed by atoms with van der Waals surface area (Å²) in [5, 5.41) is 28.7. The van der Waals surface area contributed by atoms with E-state index < -0.39 is 18.2 Å². The van der Waals surface area contributed by atoms with Crippen molar-refractivity contribution >= 4 is 17.4 Å². The van der Waals surface area contributed by atoms with Crippen LogP contribution in [0.15, 0.2) is 36.4 Å². The Balaban J connectivity index is 2.57. The number of carbonyl (C=O) groups excluding carboxylic acids is 1. The van der Waals surface area contributed by atoms with Crippen molar-refractivity contribution < 1.29 is 29.4 Å². The number of ether oxygens (including phenoxy) is 2. The third-order valence-corrected chi connectivity index (χ3v) is 3.52. The molecule has 0 spiro atoms. The molecule has 0 saturated heterocycles. The second kappa shape index (κ2) is 7.65. The molecule has 0 radical (unpaired) electrons. The first-order valence-corrected chi connectivity index (χ1v) is 7.15. The molecule has 0 heterocycles. The minimum absolute atomic E-state index is 0.104. The van der Waals surface area contributed by atoms with Gasteiger partial charge in [0.15, 0.2) is 17.3 Å². The Morgan fingerprint density at radius 1 is 1.12 bits per heavy atom. The minimum Gasteiger partial charge on any atom is -0.733 e. The summed E-state index contributed by atoms with van der Waals surface area (Å²) in [6, 6.07) is 8.24. The number of hydrogen-bond donors (Lipinski definition) is 2. The maximum Gasteiger partial charge on any atom is 0.307 e. The number of ketones is 1.